The van der Waals surface area contributed by atoms with Crippen molar-refractivity contribution in [1.29, 1.82) is 0 Å². The molecule has 0 saturated carbocycles. The predicted octanol–water partition coefficient (Wildman–Crippen LogP) is 11.9. The van der Waals surface area contributed by atoms with Crippen molar-refractivity contribution in [1.82, 2.24) is 9.13 Å². The van der Waals surface area contributed by atoms with E-state index in [-0.39, 0.29) is 66.0 Å². The number of hydrogen-bond donors (Lipinski definition) is 1. The van der Waals surface area contributed by atoms with Crippen LogP contribution in [0.4, 0.5) is 13.2 Å². The van der Waals surface area contributed by atoms with Gasteiger partial charge in [0, 0.05) is 110 Å². The Bertz CT molecular complexity index is 3480. The minimum atomic E-state index is -5.32. The summed E-state index contributed by atoms with van der Waals surface area (Å²) in [7, 11) is -3.63. The number of aromatic nitrogens is 2. The standard InChI is InChI=1S/C24H15F3N2O3.C18H15OP.C15H15OP.Eu/c1-28-17-10-6-5-9-14(17)15-11-16-19(12-18(15)28)29(13-7-3-2-4-8-13)23(32)20(21(16)30)22(31)24(25,26)27;19-20(16-10-4-1-5-11-16,17-12-6-2-7-13-17)18-14-8-3-9-15-18;1-13(2)17(16,14-9-5-3-6-10-14)15-11-7-4-8-12-15;/h2-12,30H,1H3;1-15H;3-12H,1H2,2H3;. The average molecular weight is 1110 g/mol. The fourth-order valence-electron chi connectivity index (χ4n) is 8.43. The molecule has 0 bridgehead atoms. The van der Waals surface area contributed by atoms with Crippen molar-refractivity contribution in [2.75, 3.05) is 0 Å². The summed E-state index contributed by atoms with van der Waals surface area (Å²) >= 11 is 0. The molecule has 10 aromatic rings. The SMILES string of the molecule is C=C(C)P(=O)(c1ccccc1)c1ccccc1.Cn1c2ccccc2c2cc3c(O)c(C(=O)C(F)(F)F)c(=O)n(-c4ccccc4)c3cc21.O=P(c1ccccc1)(c1ccccc1)c1ccccc1.[Eu]. The van der Waals surface area contributed by atoms with Gasteiger partial charge in [-0.15, -0.1) is 0 Å². The summed E-state index contributed by atoms with van der Waals surface area (Å²) in [6, 6.07) is 66.9. The van der Waals surface area contributed by atoms with Gasteiger partial charge in [-0.1, -0.05) is 195 Å². The maximum Gasteiger partial charge on any atom is 0.455 e. The molecule has 0 spiro atoms. The van der Waals surface area contributed by atoms with Crippen LogP contribution in [0.3, 0.4) is 0 Å². The Hall–Kier alpha value is -6.19. The van der Waals surface area contributed by atoms with Crippen LogP contribution in [0.15, 0.2) is 235 Å². The molecule has 10 rings (SSSR count). The zero-order valence-corrected chi connectivity index (χ0v) is 42.1. The van der Waals surface area contributed by atoms with E-state index in [1.54, 1.807) is 36.4 Å². The number of allylic oxidation sites excluding steroid dienone is 1. The zero-order valence-electron chi connectivity index (χ0n) is 37.9. The Labute approximate surface area is 443 Å². The number of ketones is 1. The van der Waals surface area contributed by atoms with Crippen LogP contribution in [0.2, 0.25) is 0 Å². The first kappa shape index (κ1) is 51.7. The van der Waals surface area contributed by atoms with Crippen LogP contribution in [-0.4, -0.2) is 26.2 Å². The van der Waals surface area contributed by atoms with Gasteiger partial charge in [-0.2, -0.15) is 13.2 Å². The van der Waals surface area contributed by atoms with Gasteiger partial charge in [0.15, 0.2) is 14.3 Å². The number of aromatic hydroxyl groups is 1. The van der Waals surface area contributed by atoms with Crippen LogP contribution in [-0.2, 0) is 16.2 Å². The Balaban J connectivity index is 0.000000164. The first-order chi connectivity index (χ1) is 33.2. The Morgan fingerprint density at radius 3 is 1.33 bits per heavy atom. The molecule has 0 aliphatic rings. The molecule has 0 amide bonds. The molecule has 2 aromatic heterocycles. The van der Waals surface area contributed by atoms with Gasteiger partial charge in [0.25, 0.3) is 11.3 Å². The molecule has 13 heteroatoms. The molecule has 2 heterocycles. The molecule has 70 heavy (non-hydrogen) atoms. The van der Waals surface area contributed by atoms with E-state index in [1.165, 1.54) is 6.07 Å². The molecular formula is C57H45EuF3N2O5P2. The number of halogens is 3. The molecule has 351 valence electrons. The summed E-state index contributed by atoms with van der Waals surface area (Å²) in [5, 5.41) is 17.2. The first-order valence-corrected chi connectivity index (χ1v) is 25.2. The fraction of sp³-hybridized carbons (Fsp3) is 0.0526. The van der Waals surface area contributed by atoms with E-state index in [0.717, 1.165) is 52.8 Å². The van der Waals surface area contributed by atoms with Crippen molar-refractivity contribution in [3.05, 3.63) is 246 Å². The number of alkyl halides is 3. The van der Waals surface area contributed by atoms with Gasteiger partial charge in [-0.3, -0.25) is 14.2 Å². The number of Topliss-reactive ketones (excluding diaryl/α,β-unsaturated/α-hetero) is 1. The van der Waals surface area contributed by atoms with Crippen LogP contribution >= 0.6 is 14.3 Å². The minimum Gasteiger partial charge on any atom is -0.506 e. The van der Waals surface area contributed by atoms with Crippen molar-refractivity contribution in [2.24, 2.45) is 7.05 Å². The third-order valence-corrected chi connectivity index (χ3v) is 18.0. The molecule has 0 atom stereocenters. The molecule has 0 aliphatic heterocycles. The Morgan fingerprint density at radius 1 is 0.529 bits per heavy atom. The molecule has 0 unspecified atom stereocenters. The second-order valence-corrected chi connectivity index (χ2v) is 21.9. The van der Waals surface area contributed by atoms with E-state index >= 15 is 0 Å². The molecule has 1 N–H and O–H groups in total. The summed E-state index contributed by atoms with van der Waals surface area (Å²) < 4.78 is 69.8. The topological polar surface area (TPSA) is 98.4 Å². The van der Waals surface area contributed by atoms with Crippen LogP contribution < -0.4 is 32.1 Å². The molecule has 0 fully saturated rings. The summed E-state index contributed by atoms with van der Waals surface area (Å²) in [6.07, 6.45) is -5.32. The average Bonchev–Trinajstić information content (AvgIpc) is 3.66. The molecule has 7 nitrogen and oxygen atoms in total. The second-order valence-electron chi connectivity index (χ2n) is 16.1. The summed E-state index contributed by atoms with van der Waals surface area (Å²) in [6.45, 7) is 5.75. The fourth-order valence-corrected chi connectivity index (χ4v) is 13.5. The van der Waals surface area contributed by atoms with E-state index in [9.17, 15) is 37.0 Å². The van der Waals surface area contributed by atoms with Gasteiger partial charge in [0.05, 0.1) is 11.0 Å². The van der Waals surface area contributed by atoms with Gasteiger partial charge < -0.3 is 18.8 Å². The van der Waals surface area contributed by atoms with Crippen LogP contribution in [0.25, 0.3) is 38.4 Å². The number of carbonyl (C=O) groups is 1. The molecule has 0 saturated heterocycles. The maximum atomic E-state index is 13.8. The molecule has 0 aliphatic carbocycles. The third kappa shape index (κ3) is 10.1. The molecule has 1 radical (unpaired) electrons. The third-order valence-electron chi connectivity index (χ3n) is 11.8. The number of hydrogen-bond acceptors (Lipinski definition) is 5. The largest absolute Gasteiger partial charge is 0.506 e. The summed E-state index contributed by atoms with van der Waals surface area (Å²) in [5.74, 6) is -3.36. The van der Waals surface area contributed by atoms with Crippen molar-refractivity contribution < 1.29 is 81.6 Å². The normalized spacial score (nSPS) is 11.4. The predicted molar refractivity (Wildman–Crippen MR) is 276 cm³/mol. The number of aryl methyl sites for hydroxylation is 1. The van der Waals surface area contributed by atoms with Gasteiger partial charge >= 0.3 is 6.18 Å². The molecule has 8 aromatic carbocycles. The number of carbonyl (C=O) groups excluding carboxylic acids is 1. The van der Waals surface area contributed by atoms with Crippen LogP contribution in [0.5, 0.6) is 5.75 Å². The number of para-hydroxylation sites is 2. The van der Waals surface area contributed by atoms with Crippen LogP contribution in [0, 0.1) is 49.4 Å². The first-order valence-electron chi connectivity index (χ1n) is 21.8. The number of rotatable bonds is 8. The number of nitrogens with zero attached hydrogens (tertiary/aromatic N) is 2. The van der Waals surface area contributed by atoms with E-state index in [0.29, 0.717) is 5.39 Å². The van der Waals surface area contributed by atoms with E-state index in [4.69, 9.17) is 0 Å². The van der Waals surface area contributed by atoms with Gasteiger partial charge in [-0.25, -0.2) is 0 Å². The van der Waals surface area contributed by atoms with Gasteiger partial charge in [0.2, 0.25) is 0 Å². The number of fused-ring (bicyclic) bond motifs is 4. The van der Waals surface area contributed by atoms with E-state index in [2.05, 4.69) is 6.58 Å². The minimum absolute atomic E-state index is 0. The van der Waals surface area contributed by atoms with Gasteiger partial charge in [-0.05, 0) is 42.6 Å². The maximum absolute atomic E-state index is 13.8. The van der Waals surface area contributed by atoms with Crippen molar-refractivity contribution in [3.8, 4) is 11.4 Å². The second kappa shape index (κ2) is 21.8. The summed E-state index contributed by atoms with van der Waals surface area (Å²) in [5.41, 5.74) is -0.475. The quantitative estimate of drug-likeness (QED) is 0.121. The van der Waals surface area contributed by atoms with Crippen molar-refractivity contribution in [2.45, 2.75) is 13.1 Å². The van der Waals surface area contributed by atoms with E-state index < -0.39 is 43.1 Å². The van der Waals surface area contributed by atoms with Crippen molar-refractivity contribution in [3.63, 3.8) is 0 Å². The molecular weight excluding hydrogens is 1060 g/mol. The summed E-state index contributed by atoms with van der Waals surface area (Å²) in [4.78, 5) is 25.3. The van der Waals surface area contributed by atoms with E-state index in [1.807, 2.05) is 194 Å². The van der Waals surface area contributed by atoms with Gasteiger partial charge in [0.1, 0.15) is 11.3 Å². The number of benzene rings is 8. The Morgan fingerprint density at radius 2 is 0.914 bits per heavy atom. The zero-order chi connectivity index (χ0) is 48.9. The monoisotopic (exact) mass is 1110 g/mol. The Kier molecular flexibility index (Phi) is 16.1. The number of pyridine rings is 1. The van der Waals surface area contributed by atoms with Crippen LogP contribution in [0.1, 0.15) is 17.3 Å². The smallest absolute Gasteiger partial charge is 0.455 e. The van der Waals surface area contributed by atoms with Crippen molar-refractivity contribution >= 4 is 79.3 Å².